The number of rotatable bonds is 9. The molecule has 37 heavy (non-hydrogen) atoms. The number of nitrogens with two attached hydrogens (primary N) is 1. The summed E-state index contributed by atoms with van der Waals surface area (Å²) in [7, 11) is 0. The van der Waals surface area contributed by atoms with E-state index in [1.54, 1.807) is 60.9 Å². The first-order valence-electron chi connectivity index (χ1n) is 11.7. The number of H-pyrrole nitrogens is 1. The highest BCUT2D eigenvalue weighted by Gasteiger charge is 2.21. The third-order valence-corrected chi connectivity index (χ3v) is 5.79. The molecule has 0 radical (unpaired) electrons. The molecular weight excluding hydrogens is 470 g/mol. The van der Waals surface area contributed by atoms with E-state index in [0.29, 0.717) is 34.7 Å². The van der Waals surface area contributed by atoms with Crippen molar-refractivity contribution in [2.75, 3.05) is 24.2 Å². The average molecular weight is 496 g/mol. The third kappa shape index (κ3) is 5.46. The Bertz CT molecular complexity index is 1520. The number of aromatic amines is 1. The summed E-state index contributed by atoms with van der Waals surface area (Å²) < 4.78 is 11.6. The fraction of sp³-hybridized carbons (Fsp3) is 0.107. The van der Waals surface area contributed by atoms with Crippen LogP contribution in [0.2, 0.25) is 0 Å². The summed E-state index contributed by atoms with van der Waals surface area (Å²) in [5, 5.41) is 6.51. The minimum absolute atomic E-state index is 0.242. The van der Waals surface area contributed by atoms with Crippen LogP contribution in [0, 0.1) is 0 Å². The van der Waals surface area contributed by atoms with E-state index in [9.17, 15) is 9.59 Å². The highest BCUT2D eigenvalue weighted by atomic mass is 16.5. The number of hydrogen-bond acceptors (Lipinski definition) is 6. The van der Waals surface area contributed by atoms with Crippen LogP contribution >= 0.6 is 0 Å². The van der Waals surface area contributed by atoms with Crippen molar-refractivity contribution in [3.63, 3.8) is 0 Å². The molecule has 5 N–H and O–H groups in total. The van der Waals surface area contributed by atoms with E-state index >= 15 is 0 Å². The molecule has 2 aromatic heterocycles. The summed E-state index contributed by atoms with van der Waals surface area (Å²) in [4.78, 5) is 32.7. The van der Waals surface area contributed by atoms with Gasteiger partial charge in [0, 0.05) is 35.3 Å². The molecule has 186 valence electrons. The van der Waals surface area contributed by atoms with Crippen molar-refractivity contribution in [3.05, 3.63) is 108 Å². The monoisotopic (exact) mass is 495 g/mol. The molecular formula is C28H25N5O4. The normalized spacial score (nSPS) is 10.8. The van der Waals surface area contributed by atoms with Gasteiger partial charge in [0.25, 0.3) is 11.8 Å². The Labute approximate surface area is 212 Å². The number of fused-ring (bicyclic) bond motifs is 1. The van der Waals surface area contributed by atoms with Gasteiger partial charge >= 0.3 is 0 Å². The fourth-order valence-electron chi connectivity index (χ4n) is 3.94. The number of imidazole rings is 1. The van der Waals surface area contributed by atoms with E-state index in [1.807, 2.05) is 24.3 Å². The van der Waals surface area contributed by atoms with Gasteiger partial charge in [-0.3, -0.25) is 9.59 Å². The number of para-hydroxylation sites is 3. The van der Waals surface area contributed by atoms with Gasteiger partial charge in [-0.15, -0.1) is 0 Å². The molecule has 0 saturated carbocycles. The Morgan fingerprint density at radius 2 is 1.76 bits per heavy atom. The van der Waals surface area contributed by atoms with Crippen molar-refractivity contribution in [3.8, 4) is 5.75 Å². The highest BCUT2D eigenvalue weighted by Crippen LogP contribution is 2.27. The molecule has 0 saturated heterocycles. The van der Waals surface area contributed by atoms with E-state index in [1.165, 1.54) is 0 Å². The van der Waals surface area contributed by atoms with Crippen molar-refractivity contribution < 1.29 is 18.7 Å². The lowest BCUT2D eigenvalue weighted by Gasteiger charge is -2.10. The first-order chi connectivity index (χ1) is 18.1. The molecule has 2 heterocycles. The number of hydrogen-bond donors (Lipinski definition) is 4. The number of nitrogen functional groups attached to an aromatic ring is 1. The van der Waals surface area contributed by atoms with E-state index < -0.39 is 0 Å². The van der Waals surface area contributed by atoms with Crippen LogP contribution in [0.1, 0.15) is 32.3 Å². The van der Waals surface area contributed by atoms with Gasteiger partial charge in [0.1, 0.15) is 23.8 Å². The molecule has 2 amide bonds. The summed E-state index contributed by atoms with van der Waals surface area (Å²) in [6.07, 6.45) is 3.86. The number of furan rings is 1. The number of anilines is 2. The zero-order chi connectivity index (χ0) is 25.6. The quantitative estimate of drug-likeness (QED) is 0.177. The Kier molecular flexibility index (Phi) is 6.84. The molecule has 5 aromatic rings. The molecule has 0 aliphatic heterocycles. The molecule has 0 aliphatic rings. The Morgan fingerprint density at radius 1 is 0.973 bits per heavy atom. The van der Waals surface area contributed by atoms with Gasteiger partial charge in [0.15, 0.2) is 5.76 Å². The number of amides is 2. The van der Waals surface area contributed by atoms with Crippen LogP contribution in [0.25, 0.3) is 11.0 Å². The molecule has 0 atom stereocenters. The van der Waals surface area contributed by atoms with Crippen molar-refractivity contribution in [2.24, 2.45) is 0 Å². The van der Waals surface area contributed by atoms with Crippen molar-refractivity contribution in [1.29, 1.82) is 0 Å². The van der Waals surface area contributed by atoms with Gasteiger partial charge in [-0.25, -0.2) is 4.98 Å². The summed E-state index contributed by atoms with van der Waals surface area (Å²) in [6, 6.07) is 21.3. The molecule has 0 aliphatic carbocycles. The highest BCUT2D eigenvalue weighted by molar-refractivity contribution is 6.05. The number of carbonyl (C=O) groups excluding carboxylic acids is 2. The molecule has 9 heteroatoms. The molecule has 3 aromatic carbocycles. The maximum absolute atomic E-state index is 12.9. The Balaban J connectivity index is 1.16. The lowest BCUT2D eigenvalue weighted by molar-refractivity contribution is 0.0919. The maximum Gasteiger partial charge on any atom is 0.287 e. The number of ether oxygens (including phenoxy) is 1. The van der Waals surface area contributed by atoms with E-state index in [2.05, 4.69) is 20.6 Å². The van der Waals surface area contributed by atoms with Gasteiger partial charge in [-0.1, -0.05) is 30.3 Å². The second-order valence-corrected chi connectivity index (χ2v) is 8.29. The first-order valence-corrected chi connectivity index (χ1v) is 11.7. The molecule has 9 nitrogen and oxygen atoms in total. The number of nitrogens with one attached hydrogen (secondary N) is 3. The molecule has 0 unspecified atom stereocenters. The van der Waals surface area contributed by atoms with E-state index in [-0.39, 0.29) is 30.7 Å². The lowest BCUT2D eigenvalue weighted by Crippen LogP contribution is -2.28. The van der Waals surface area contributed by atoms with Gasteiger partial charge in [0.2, 0.25) is 0 Å². The molecule has 5 rings (SSSR count). The Hall–Kier alpha value is -5.05. The minimum Gasteiger partial charge on any atom is -0.492 e. The van der Waals surface area contributed by atoms with Crippen LogP contribution in [0.4, 0.5) is 11.4 Å². The van der Waals surface area contributed by atoms with Crippen LogP contribution in [-0.4, -0.2) is 34.9 Å². The summed E-state index contributed by atoms with van der Waals surface area (Å²) in [6.45, 7) is 0.511. The van der Waals surface area contributed by atoms with Gasteiger partial charge in [-0.05, 0) is 42.5 Å². The number of aromatic nitrogens is 2. The standard InChI is InChI=1S/C28H25N5O4/c29-22-6-2-3-7-23(22)33-27(34)18-9-11-19(12-10-18)36-16-15-32-28(35)26-21(17-25-30-13-14-31-25)20-5-1-4-8-24(20)37-26/h1-14H,15-17,29H2,(H,30,31)(H,32,35)(H,33,34). The van der Waals surface area contributed by atoms with Crippen LogP contribution in [-0.2, 0) is 6.42 Å². The smallest absolute Gasteiger partial charge is 0.287 e. The summed E-state index contributed by atoms with van der Waals surface area (Å²) in [5.41, 5.74) is 8.82. The number of benzene rings is 3. The second-order valence-electron chi connectivity index (χ2n) is 8.29. The summed E-state index contributed by atoms with van der Waals surface area (Å²) >= 11 is 0. The predicted molar refractivity (Wildman–Crippen MR) is 141 cm³/mol. The molecule has 0 fully saturated rings. The Morgan fingerprint density at radius 3 is 2.54 bits per heavy atom. The van der Waals surface area contributed by atoms with Gasteiger partial charge < -0.3 is 30.5 Å². The fourth-order valence-corrected chi connectivity index (χ4v) is 3.94. The van der Waals surface area contributed by atoms with E-state index in [4.69, 9.17) is 14.9 Å². The van der Waals surface area contributed by atoms with Gasteiger partial charge in [0.05, 0.1) is 17.9 Å². The molecule has 0 bridgehead atoms. The second kappa shape index (κ2) is 10.7. The van der Waals surface area contributed by atoms with E-state index in [0.717, 1.165) is 16.8 Å². The van der Waals surface area contributed by atoms with Crippen molar-refractivity contribution >= 4 is 34.2 Å². The van der Waals surface area contributed by atoms with Crippen LogP contribution in [0.3, 0.4) is 0 Å². The van der Waals surface area contributed by atoms with Crippen LogP contribution in [0.15, 0.2) is 89.6 Å². The van der Waals surface area contributed by atoms with Crippen LogP contribution < -0.4 is 21.1 Å². The SMILES string of the molecule is Nc1ccccc1NC(=O)c1ccc(OCCNC(=O)c2oc3ccccc3c2Cc2ncc[nH]2)cc1. The van der Waals surface area contributed by atoms with Crippen molar-refractivity contribution in [1.82, 2.24) is 15.3 Å². The number of carbonyl (C=O) groups is 2. The largest absolute Gasteiger partial charge is 0.492 e. The zero-order valence-electron chi connectivity index (χ0n) is 19.9. The maximum atomic E-state index is 12.9. The minimum atomic E-state index is -0.325. The lowest BCUT2D eigenvalue weighted by atomic mass is 10.1. The first kappa shape index (κ1) is 23.7. The average Bonchev–Trinajstić information content (AvgIpc) is 3.57. The third-order valence-electron chi connectivity index (χ3n) is 5.79. The molecule has 0 spiro atoms. The predicted octanol–water partition coefficient (Wildman–Crippen LogP) is 4.39. The summed E-state index contributed by atoms with van der Waals surface area (Å²) in [5.74, 6) is 0.981. The van der Waals surface area contributed by atoms with Gasteiger partial charge in [-0.2, -0.15) is 0 Å². The number of nitrogens with zero attached hydrogens (tertiary/aromatic N) is 1. The zero-order valence-corrected chi connectivity index (χ0v) is 19.9. The van der Waals surface area contributed by atoms with Crippen LogP contribution in [0.5, 0.6) is 5.75 Å². The topological polar surface area (TPSA) is 135 Å². The van der Waals surface area contributed by atoms with Crippen molar-refractivity contribution in [2.45, 2.75) is 6.42 Å².